The number of benzene rings is 2. The van der Waals surface area contributed by atoms with Crippen LogP contribution in [0.1, 0.15) is 46.1 Å². The summed E-state index contributed by atoms with van der Waals surface area (Å²) in [6, 6.07) is 10.2. The maximum absolute atomic E-state index is 14.8. The second-order valence-corrected chi connectivity index (χ2v) is 10.8. The first-order valence-electron chi connectivity index (χ1n) is 12.0. The fourth-order valence-electron chi connectivity index (χ4n) is 5.58. The first kappa shape index (κ1) is 24.6. The minimum Gasteiger partial charge on any atom is -0.363 e. The highest BCUT2D eigenvalue weighted by atomic mass is 19.1. The van der Waals surface area contributed by atoms with Crippen molar-refractivity contribution in [2.75, 3.05) is 31.1 Å². The van der Waals surface area contributed by atoms with Crippen LogP contribution >= 0.6 is 0 Å². The quantitative estimate of drug-likeness (QED) is 0.625. The Labute approximate surface area is 200 Å². The first-order valence-corrected chi connectivity index (χ1v) is 12.0. The largest absolute Gasteiger partial charge is 0.363 e. The topological polar surface area (TPSA) is 26.8 Å². The Morgan fingerprint density at radius 2 is 1.44 bits per heavy atom. The molecule has 2 fully saturated rings. The number of anilines is 1. The van der Waals surface area contributed by atoms with Crippen molar-refractivity contribution in [2.24, 2.45) is 5.92 Å². The Morgan fingerprint density at radius 3 is 2.00 bits per heavy atom. The van der Waals surface area contributed by atoms with Gasteiger partial charge in [-0.25, -0.2) is 13.2 Å². The molecule has 4 rings (SSSR count). The normalized spacial score (nSPS) is 26.2. The van der Waals surface area contributed by atoms with Crippen LogP contribution in [-0.4, -0.2) is 59.5 Å². The average molecular weight is 474 g/mol. The van der Waals surface area contributed by atoms with Gasteiger partial charge in [-0.3, -0.25) is 9.69 Å². The van der Waals surface area contributed by atoms with Gasteiger partial charge >= 0.3 is 0 Å². The van der Waals surface area contributed by atoms with Crippen LogP contribution in [0.25, 0.3) is 0 Å². The van der Waals surface area contributed by atoms with Crippen LogP contribution in [0.4, 0.5) is 18.9 Å². The van der Waals surface area contributed by atoms with E-state index in [2.05, 4.69) is 44.4 Å². The van der Waals surface area contributed by atoms with Gasteiger partial charge in [0.05, 0.1) is 5.92 Å². The molecule has 0 bridgehead atoms. The molecule has 34 heavy (non-hydrogen) atoms. The molecule has 0 aliphatic carbocycles. The fourth-order valence-corrected chi connectivity index (χ4v) is 5.58. The van der Waals surface area contributed by atoms with Crippen LogP contribution in [0.2, 0.25) is 0 Å². The van der Waals surface area contributed by atoms with Crippen molar-refractivity contribution in [3.05, 3.63) is 65.5 Å². The molecule has 2 aliphatic heterocycles. The number of likely N-dealkylation sites (tertiary alicyclic amines) is 1. The van der Waals surface area contributed by atoms with Gasteiger partial charge in [-0.2, -0.15) is 0 Å². The van der Waals surface area contributed by atoms with Gasteiger partial charge in [0, 0.05) is 61.5 Å². The molecule has 2 saturated heterocycles. The van der Waals surface area contributed by atoms with E-state index in [1.807, 2.05) is 4.90 Å². The summed E-state index contributed by atoms with van der Waals surface area (Å²) in [5.41, 5.74) is 1.16. The van der Waals surface area contributed by atoms with E-state index < -0.39 is 17.6 Å². The number of hydrogen-bond acceptors (Lipinski definition) is 3. The minimum atomic E-state index is -0.616. The number of amides is 1. The summed E-state index contributed by atoms with van der Waals surface area (Å²) in [7, 11) is 0. The highest BCUT2D eigenvalue weighted by Crippen LogP contribution is 2.39. The Morgan fingerprint density at radius 1 is 0.853 bits per heavy atom. The molecular formula is C27H34F3N3O. The molecule has 0 saturated carbocycles. The third-order valence-electron chi connectivity index (χ3n) is 7.30. The summed E-state index contributed by atoms with van der Waals surface area (Å²) in [6.45, 7) is 12.5. The fraction of sp³-hybridized carbons (Fsp3) is 0.519. The predicted octanol–water partition coefficient (Wildman–Crippen LogP) is 5.04. The van der Waals surface area contributed by atoms with Gasteiger partial charge in [0.25, 0.3) is 0 Å². The standard InChI is InChI=1S/C27H34F3N3O/c1-17-13-31(14-18(2)33(17)21-9-6-19(28)7-10-21)26(34)24-16-32(27(3,4)5)15-23(24)22-11-8-20(29)12-25(22)30/h6-12,17-18,23-24H,13-16H2,1-5H3/t17-,18+,23?,24?. The molecule has 7 heteroatoms. The molecule has 2 aromatic carbocycles. The molecule has 0 aromatic heterocycles. The van der Waals surface area contributed by atoms with E-state index in [0.717, 1.165) is 11.8 Å². The summed E-state index contributed by atoms with van der Waals surface area (Å²) in [5, 5.41) is 0. The number of carbonyl (C=O) groups excluding carboxylic acids is 1. The summed E-state index contributed by atoms with van der Waals surface area (Å²) >= 11 is 0. The van der Waals surface area contributed by atoms with E-state index in [4.69, 9.17) is 0 Å². The number of hydrogen-bond donors (Lipinski definition) is 0. The zero-order chi connectivity index (χ0) is 24.8. The van der Waals surface area contributed by atoms with Gasteiger partial charge in [0.1, 0.15) is 17.5 Å². The molecule has 4 atom stereocenters. The van der Waals surface area contributed by atoms with Gasteiger partial charge < -0.3 is 9.80 Å². The lowest BCUT2D eigenvalue weighted by molar-refractivity contribution is -0.137. The van der Waals surface area contributed by atoms with Crippen LogP contribution in [0, 0.1) is 23.4 Å². The van der Waals surface area contributed by atoms with Gasteiger partial charge in [-0.1, -0.05) is 6.07 Å². The van der Waals surface area contributed by atoms with Crippen molar-refractivity contribution >= 4 is 11.6 Å². The van der Waals surface area contributed by atoms with Crippen molar-refractivity contribution in [3.8, 4) is 0 Å². The van der Waals surface area contributed by atoms with Crippen molar-refractivity contribution in [3.63, 3.8) is 0 Å². The van der Waals surface area contributed by atoms with E-state index in [9.17, 15) is 18.0 Å². The number of nitrogens with zero attached hydrogens (tertiary/aromatic N) is 3. The van der Waals surface area contributed by atoms with E-state index in [-0.39, 0.29) is 35.3 Å². The Balaban J connectivity index is 1.58. The lowest BCUT2D eigenvalue weighted by Crippen LogP contribution is -2.59. The lowest BCUT2D eigenvalue weighted by Gasteiger charge is -2.46. The highest BCUT2D eigenvalue weighted by Gasteiger charge is 2.45. The van der Waals surface area contributed by atoms with Crippen LogP contribution in [0.3, 0.4) is 0 Å². The van der Waals surface area contributed by atoms with Crippen molar-refractivity contribution in [1.29, 1.82) is 0 Å². The second kappa shape index (κ2) is 9.25. The van der Waals surface area contributed by atoms with E-state index in [0.29, 0.717) is 31.7 Å². The molecule has 0 spiro atoms. The number of piperazine rings is 1. The number of rotatable bonds is 3. The molecule has 1 amide bonds. The molecule has 184 valence electrons. The van der Waals surface area contributed by atoms with Gasteiger partial charge in [0.2, 0.25) is 5.91 Å². The summed E-state index contributed by atoms with van der Waals surface area (Å²) in [4.78, 5) is 20.2. The second-order valence-electron chi connectivity index (χ2n) is 10.8. The molecule has 2 heterocycles. The van der Waals surface area contributed by atoms with Crippen LogP contribution in [0.5, 0.6) is 0 Å². The van der Waals surface area contributed by atoms with Crippen molar-refractivity contribution in [2.45, 2.75) is 58.2 Å². The Hall–Kier alpha value is -2.54. The maximum Gasteiger partial charge on any atom is 0.227 e. The SMILES string of the molecule is C[C@@H]1CN(C(=O)C2CN(C(C)(C)C)CC2c2ccc(F)cc2F)C[C@H](C)N1c1ccc(F)cc1. The zero-order valence-electron chi connectivity index (χ0n) is 20.6. The van der Waals surface area contributed by atoms with Gasteiger partial charge in [-0.05, 0) is 70.5 Å². The van der Waals surface area contributed by atoms with Crippen molar-refractivity contribution < 1.29 is 18.0 Å². The zero-order valence-corrected chi connectivity index (χ0v) is 20.6. The molecule has 2 unspecified atom stereocenters. The van der Waals surface area contributed by atoms with Crippen LogP contribution in [0.15, 0.2) is 42.5 Å². The summed E-state index contributed by atoms with van der Waals surface area (Å²) in [5.74, 6) is -2.22. The summed E-state index contributed by atoms with van der Waals surface area (Å²) in [6.07, 6.45) is 0. The number of carbonyl (C=O) groups is 1. The third kappa shape index (κ3) is 4.81. The molecule has 0 N–H and O–H groups in total. The van der Waals surface area contributed by atoms with Crippen molar-refractivity contribution in [1.82, 2.24) is 9.80 Å². The Bertz CT molecular complexity index is 1020. The summed E-state index contributed by atoms with van der Waals surface area (Å²) < 4.78 is 41.8. The molecule has 2 aliphatic rings. The predicted molar refractivity (Wildman–Crippen MR) is 128 cm³/mol. The minimum absolute atomic E-state index is 0.0120. The van der Waals surface area contributed by atoms with Crippen LogP contribution < -0.4 is 4.90 Å². The molecule has 0 radical (unpaired) electrons. The Kier molecular flexibility index (Phi) is 6.69. The van der Waals surface area contributed by atoms with E-state index >= 15 is 0 Å². The monoisotopic (exact) mass is 473 g/mol. The van der Waals surface area contributed by atoms with Gasteiger partial charge in [0.15, 0.2) is 0 Å². The first-order chi connectivity index (χ1) is 16.0. The molecule has 4 nitrogen and oxygen atoms in total. The van der Waals surface area contributed by atoms with E-state index in [1.54, 1.807) is 12.1 Å². The average Bonchev–Trinajstić information content (AvgIpc) is 3.19. The molecule has 2 aromatic rings. The lowest BCUT2D eigenvalue weighted by atomic mass is 9.87. The molecular weight excluding hydrogens is 439 g/mol. The van der Waals surface area contributed by atoms with Crippen LogP contribution in [-0.2, 0) is 4.79 Å². The maximum atomic E-state index is 14.8. The smallest absolute Gasteiger partial charge is 0.227 e. The third-order valence-corrected chi connectivity index (χ3v) is 7.30. The highest BCUT2D eigenvalue weighted by molar-refractivity contribution is 5.81. The van der Waals surface area contributed by atoms with E-state index in [1.165, 1.54) is 24.3 Å². The number of halogens is 3. The van der Waals surface area contributed by atoms with Gasteiger partial charge in [-0.15, -0.1) is 0 Å².